The SMILES string of the molecule is NC(Cc1ccc(OC(F)(F)F)cc1)c1csnn1. The first-order valence-corrected chi connectivity index (χ1v) is 6.15. The number of benzene rings is 1. The summed E-state index contributed by atoms with van der Waals surface area (Å²) in [6.45, 7) is 0. The second-order valence-corrected chi connectivity index (χ2v) is 4.44. The van der Waals surface area contributed by atoms with E-state index < -0.39 is 6.36 Å². The Morgan fingerprint density at radius 2 is 1.95 bits per heavy atom. The normalized spacial score (nSPS) is 13.3. The topological polar surface area (TPSA) is 61.0 Å². The van der Waals surface area contributed by atoms with Crippen LogP contribution in [0.1, 0.15) is 17.3 Å². The molecule has 0 aliphatic carbocycles. The van der Waals surface area contributed by atoms with Gasteiger partial charge in [-0.05, 0) is 35.6 Å². The largest absolute Gasteiger partial charge is 0.573 e. The zero-order valence-corrected chi connectivity index (χ0v) is 10.4. The van der Waals surface area contributed by atoms with E-state index in [9.17, 15) is 13.2 Å². The first kappa shape index (κ1) is 13.8. The molecule has 102 valence electrons. The highest BCUT2D eigenvalue weighted by atomic mass is 32.1. The van der Waals surface area contributed by atoms with Gasteiger partial charge < -0.3 is 10.5 Å². The van der Waals surface area contributed by atoms with E-state index in [4.69, 9.17) is 5.73 Å². The van der Waals surface area contributed by atoms with E-state index in [2.05, 4.69) is 14.3 Å². The molecule has 2 N–H and O–H groups in total. The monoisotopic (exact) mass is 289 g/mol. The van der Waals surface area contributed by atoms with Gasteiger partial charge in [-0.1, -0.05) is 16.6 Å². The van der Waals surface area contributed by atoms with Crippen LogP contribution in [-0.2, 0) is 6.42 Å². The maximum Gasteiger partial charge on any atom is 0.573 e. The average molecular weight is 289 g/mol. The van der Waals surface area contributed by atoms with Crippen molar-refractivity contribution in [3.05, 3.63) is 40.9 Å². The van der Waals surface area contributed by atoms with Crippen molar-refractivity contribution in [3.63, 3.8) is 0 Å². The number of rotatable bonds is 4. The molecule has 4 nitrogen and oxygen atoms in total. The fourth-order valence-corrected chi connectivity index (χ4v) is 2.04. The molecule has 0 aliphatic heterocycles. The summed E-state index contributed by atoms with van der Waals surface area (Å²) in [5.74, 6) is -0.250. The summed E-state index contributed by atoms with van der Waals surface area (Å²) in [5, 5.41) is 5.59. The van der Waals surface area contributed by atoms with E-state index in [-0.39, 0.29) is 11.8 Å². The van der Waals surface area contributed by atoms with Gasteiger partial charge in [-0.15, -0.1) is 18.3 Å². The molecule has 1 atom stereocenters. The van der Waals surface area contributed by atoms with Gasteiger partial charge in [0, 0.05) is 5.38 Å². The number of nitrogens with two attached hydrogens (primary N) is 1. The Kier molecular flexibility index (Phi) is 4.01. The second kappa shape index (κ2) is 5.54. The van der Waals surface area contributed by atoms with E-state index in [1.165, 1.54) is 23.7 Å². The van der Waals surface area contributed by atoms with E-state index in [0.29, 0.717) is 12.1 Å². The Morgan fingerprint density at radius 1 is 1.26 bits per heavy atom. The van der Waals surface area contributed by atoms with Crippen molar-refractivity contribution in [2.24, 2.45) is 5.73 Å². The van der Waals surface area contributed by atoms with Gasteiger partial charge in [-0.3, -0.25) is 0 Å². The molecule has 0 saturated heterocycles. The molecule has 0 spiro atoms. The zero-order valence-electron chi connectivity index (χ0n) is 9.59. The standard InChI is InChI=1S/C11H10F3N3OS/c12-11(13,14)18-8-3-1-7(2-4-8)5-9(15)10-6-19-17-16-10/h1-4,6,9H,5,15H2. The van der Waals surface area contributed by atoms with Crippen LogP contribution >= 0.6 is 11.5 Å². The summed E-state index contributed by atoms with van der Waals surface area (Å²) in [4.78, 5) is 0. The molecule has 8 heteroatoms. The Balaban J connectivity index is 1.99. The van der Waals surface area contributed by atoms with E-state index >= 15 is 0 Å². The molecule has 2 rings (SSSR count). The highest BCUT2D eigenvalue weighted by Crippen LogP contribution is 2.23. The molecule has 1 unspecified atom stereocenters. The number of nitrogens with zero attached hydrogens (tertiary/aromatic N) is 2. The minimum absolute atomic E-state index is 0.250. The number of hydrogen-bond acceptors (Lipinski definition) is 5. The van der Waals surface area contributed by atoms with Crippen molar-refractivity contribution >= 4 is 11.5 Å². The molecule has 0 radical (unpaired) electrons. The lowest BCUT2D eigenvalue weighted by Crippen LogP contribution is -2.17. The molecule has 0 bridgehead atoms. The molecular formula is C11H10F3N3OS. The van der Waals surface area contributed by atoms with Crippen molar-refractivity contribution < 1.29 is 17.9 Å². The van der Waals surface area contributed by atoms with Gasteiger partial charge in [0.1, 0.15) is 5.75 Å². The smallest absolute Gasteiger partial charge is 0.406 e. The molecule has 0 amide bonds. The first-order chi connectivity index (χ1) is 8.94. The quantitative estimate of drug-likeness (QED) is 0.940. The van der Waals surface area contributed by atoms with Crippen LogP contribution in [0.2, 0.25) is 0 Å². The lowest BCUT2D eigenvalue weighted by atomic mass is 10.0. The van der Waals surface area contributed by atoms with Crippen molar-refractivity contribution in [1.82, 2.24) is 9.59 Å². The third-order valence-electron chi connectivity index (χ3n) is 2.37. The maximum absolute atomic E-state index is 12.0. The van der Waals surface area contributed by atoms with Gasteiger partial charge in [0.25, 0.3) is 0 Å². The van der Waals surface area contributed by atoms with Gasteiger partial charge in [0.15, 0.2) is 0 Å². The van der Waals surface area contributed by atoms with Gasteiger partial charge in [0.05, 0.1) is 11.7 Å². The molecular weight excluding hydrogens is 279 g/mol. The number of aromatic nitrogens is 2. The summed E-state index contributed by atoms with van der Waals surface area (Å²) in [5.41, 5.74) is 7.37. The van der Waals surface area contributed by atoms with Crippen molar-refractivity contribution in [2.45, 2.75) is 18.8 Å². The molecule has 2 aromatic rings. The van der Waals surface area contributed by atoms with Gasteiger partial charge >= 0.3 is 6.36 Å². The number of halogens is 3. The van der Waals surface area contributed by atoms with Crippen LogP contribution in [0.4, 0.5) is 13.2 Å². The lowest BCUT2D eigenvalue weighted by Gasteiger charge is -2.11. The molecule has 1 aromatic heterocycles. The fraction of sp³-hybridized carbons (Fsp3) is 0.273. The summed E-state index contributed by atoms with van der Waals surface area (Å²) >= 11 is 1.20. The van der Waals surface area contributed by atoms with Crippen LogP contribution in [0.15, 0.2) is 29.6 Å². The molecule has 0 aliphatic rings. The minimum atomic E-state index is -4.68. The molecule has 1 heterocycles. The highest BCUT2D eigenvalue weighted by Gasteiger charge is 2.30. The van der Waals surface area contributed by atoms with Crippen LogP contribution in [0.25, 0.3) is 0 Å². The Morgan fingerprint density at radius 3 is 2.47 bits per heavy atom. The number of hydrogen-bond donors (Lipinski definition) is 1. The third kappa shape index (κ3) is 4.18. The summed E-state index contributed by atoms with van der Waals surface area (Å²) in [6.07, 6.45) is -4.21. The van der Waals surface area contributed by atoms with Gasteiger partial charge in [0.2, 0.25) is 0 Å². The van der Waals surface area contributed by atoms with Crippen LogP contribution in [0, 0.1) is 0 Å². The van der Waals surface area contributed by atoms with Gasteiger partial charge in [-0.25, -0.2) is 0 Å². The zero-order chi connectivity index (χ0) is 13.9. The molecule has 1 aromatic carbocycles. The Labute approximate surface area is 111 Å². The Bertz CT molecular complexity index is 513. The molecule has 0 fully saturated rings. The van der Waals surface area contributed by atoms with Crippen LogP contribution in [0.3, 0.4) is 0 Å². The van der Waals surface area contributed by atoms with E-state index in [1.807, 2.05) is 0 Å². The van der Waals surface area contributed by atoms with Gasteiger partial charge in [-0.2, -0.15) is 0 Å². The maximum atomic E-state index is 12.0. The van der Waals surface area contributed by atoms with E-state index in [0.717, 1.165) is 5.56 Å². The minimum Gasteiger partial charge on any atom is -0.406 e. The lowest BCUT2D eigenvalue weighted by molar-refractivity contribution is -0.274. The average Bonchev–Trinajstić information content (AvgIpc) is 2.83. The van der Waals surface area contributed by atoms with Crippen molar-refractivity contribution in [2.75, 3.05) is 0 Å². The third-order valence-corrected chi connectivity index (χ3v) is 2.89. The predicted molar refractivity (Wildman–Crippen MR) is 63.7 cm³/mol. The molecule has 0 saturated carbocycles. The second-order valence-electron chi connectivity index (χ2n) is 3.83. The summed E-state index contributed by atoms with van der Waals surface area (Å²) in [7, 11) is 0. The van der Waals surface area contributed by atoms with Crippen LogP contribution in [-0.4, -0.2) is 15.9 Å². The molecule has 19 heavy (non-hydrogen) atoms. The predicted octanol–water partition coefficient (Wildman–Crippen LogP) is 2.68. The van der Waals surface area contributed by atoms with Crippen LogP contribution < -0.4 is 10.5 Å². The number of ether oxygens (including phenoxy) is 1. The Hall–Kier alpha value is -1.67. The summed E-state index contributed by atoms with van der Waals surface area (Å²) in [6, 6.07) is 5.28. The first-order valence-electron chi connectivity index (χ1n) is 5.31. The number of alkyl halides is 3. The fourth-order valence-electron chi connectivity index (χ4n) is 1.52. The highest BCUT2D eigenvalue weighted by molar-refractivity contribution is 7.03. The van der Waals surface area contributed by atoms with Crippen molar-refractivity contribution in [3.8, 4) is 5.75 Å². The van der Waals surface area contributed by atoms with Crippen LogP contribution in [0.5, 0.6) is 5.75 Å². The van der Waals surface area contributed by atoms with E-state index in [1.54, 1.807) is 17.5 Å². The van der Waals surface area contributed by atoms with Crippen molar-refractivity contribution in [1.29, 1.82) is 0 Å². The summed E-state index contributed by atoms with van der Waals surface area (Å²) < 4.78 is 43.4.